The van der Waals surface area contributed by atoms with Gasteiger partial charge in [-0.3, -0.25) is 9.59 Å². The van der Waals surface area contributed by atoms with Crippen LogP contribution in [0.25, 0.3) is 0 Å². The second kappa shape index (κ2) is 12.9. The molecule has 0 aromatic heterocycles. The summed E-state index contributed by atoms with van der Waals surface area (Å²) in [7, 11) is 0. The number of aliphatic carboxylic acids is 2. The molecule has 4 N–H and O–H groups in total. The molecule has 0 spiro atoms. The highest BCUT2D eigenvalue weighted by Gasteiger charge is 2.44. The maximum Gasteiger partial charge on any atom is 0.328 e. The van der Waals surface area contributed by atoms with Crippen molar-refractivity contribution in [3.8, 4) is 0 Å². The van der Waals surface area contributed by atoms with E-state index in [1.54, 1.807) is 4.90 Å². The highest BCUT2D eigenvalue weighted by Crippen LogP contribution is 2.33. The number of carbonyl (C=O) groups excluding carboxylic acids is 2. The standard InChI is InChI=1S/C22H30F3N3O2.C4H4O4/c1-22(2,3)10-21(30)27-11-13-4-5-28(19(13)12-27)20(29)8-15(26)6-14-7-17(24)18(25)9-16(14)23;5-3(6)1-2-4(7)8/h7,9,13,15,19H,4-6,8,10-12,26H2,1-3H3;1-2H,(H,5,6)(H,7,8)/t13-,15?,19+;/m0./s1. The second-order valence-electron chi connectivity index (χ2n) is 10.8. The van der Waals surface area contributed by atoms with Crippen LogP contribution in [-0.2, 0) is 25.6 Å². The molecule has 1 unspecified atom stereocenters. The number of carboxylic acids is 2. The smallest absolute Gasteiger partial charge is 0.328 e. The van der Waals surface area contributed by atoms with Crippen LogP contribution in [-0.4, -0.2) is 75.5 Å². The normalized spacial score (nSPS) is 19.7. The number of fused-ring (bicyclic) bond motifs is 1. The van der Waals surface area contributed by atoms with Crippen molar-refractivity contribution in [2.45, 2.75) is 58.5 Å². The summed E-state index contributed by atoms with van der Waals surface area (Å²) >= 11 is 0. The number of carboxylic acid groups (broad SMARTS) is 2. The third-order valence-corrected chi connectivity index (χ3v) is 6.28. The zero-order valence-corrected chi connectivity index (χ0v) is 21.6. The van der Waals surface area contributed by atoms with E-state index >= 15 is 0 Å². The summed E-state index contributed by atoms with van der Waals surface area (Å²) in [5.41, 5.74) is 5.88. The zero-order chi connectivity index (χ0) is 28.8. The first-order valence-corrected chi connectivity index (χ1v) is 12.2. The molecule has 0 bridgehead atoms. The van der Waals surface area contributed by atoms with Gasteiger partial charge in [-0.15, -0.1) is 0 Å². The molecule has 1 aromatic carbocycles. The van der Waals surface area contributed by atoms with Gasteiger partial charge in [-0.2, -0.15) is 0 Å². The molecule has 2 aliphatic rings. The molecular formula is C26H34F3N3O6. The molecule has 0 saturated carbocycles. The fourth-order valence-electron chi connectivity index (χ4n) is 4.60. The average Bonchev–Trinajstić information content (AvgIpc) is 3.36. The predicted molar refractivity (Wildman–Crippen MR) is 131 cm³/mol. The summed E-state index contributed by atoms with van der Waals surface area (Å²) in [5, 5.41) is 15.6. The van der Waals surface area contributed by atoms with Crippen molar-refractivity contribution in [1.29, 1.82) is 0 Å². The van der Waals surface area contributed by atoms with Gasteiger partial charge in [0.1, 0.15) is 5.82 Å². The Morgan fingerprint density at radius 3 is 2.13 bits per heavy atom. The molecule has 3 rings (SSSR count). The van der Waals surface area contributed by atoms with Crippen LogP contribution >= 0.6 is 0 Å². The maximum absolute atomic E-state index is 13.8. The summed E-state index contributed by atoms with van der Waals surface area (Å²) in [6.45, 7) is 7.87. The van der Waals surface area contributed by atoms with E-state index in [9.17, 15) is 32.3 Å². The van der Waals surface area contributed by atoms with E-state index in [0.717, 1.165) is 12.5 Å². The highest BCUT2D eigenvalue weighted by atomic mass is 19.2. The largest absolute Gasteiger partial charge is 0.478 e. The topological polar surface area (TPSA) is 141 Å². The maximum atomic E-state index is 13.8. The molecule has 3 atom stereocenters. The van der Waals surface area contributed by atoms with E-state index < -0.39 is 35.4 Å². The summed E-state index contributed by atoms with van der Waals surface area (Å²) in [5.74, 6) is -5.56. The molecule has 2 amide bonds. The Balaban J connectivity index is 0.000000550. The van der Waals surface area contributed by atoms with E-state index in [-0.39, 0.29) is 47.6 Å². The van der Waals surface area contributed by atoms with Crippen LogP contribution in [0.1, 0.15) is 45.6 Å². The Kier molecular flexibility index (Phi) is 10.5. The van der Waals surface area contributed by atoms with Crippen LogP contribution in [0.15, 0.2) is 24.3 Å². The van der Waals surface area contributed by atoms with Crippen LogP contribution in [0.4, 0.5) is 13.2 Å². The first kappa shape index (κ1) is 30.8. The van der Waals surface area contributed by atoms with E-state index in [1.807, 2.05) is 25.7 Å². The van der Waals surface area contributed by atoms with Crippen molar-refractivity contribution in [2.24, 2.45) is 17.1 Å². The molecule has 210 valence electrons. The van der Waals surface area contributed by atoms with Crippen molar-refractivity contribution in [2.75, 3.05) is 19.6 Å². The number of carbonyl (C=O) groups is 4. The Labute approximate surface area is 219 Å². The fraction of sp³-hybridized carbons (Fsp3) is 0.538. The van der Waals surface area contributed by atoms with Crippen LogP contribution in [0.5, 0.6) is 0 Å². The lowest BCUT2D eigenvalue weighted by Crippen LogP contribution is -2.43. The van der Waals surface area contributed by atoms with E-state index in [0.29, 0.717) is 44.3 Å². The van der Waals surface area contributed by atoms with Crippen LogP contribution in [0.3, 0.4) is 0 Å². The van der Waals surface area contributed by atoms with E-state index in [4.69, 9.17) is 15.9 Å². The van der Waals surface area contributed by atoms with Crippen LogP contribution < -0.4 is 5.73 Å². The first-order chi connectivity index (χ1) is 17.6. The minimum absolute atomic E-state index is 0.0163. The molecule has 2 aliphatic heterocycles. The molecule has 2 saturated heterocycles. The summed E-state index contributed by atoms with van der Waals surface area (Å²) in [4.78, 5) is 48.1. The first-order valence-electron chi connectivity index (χ1n) is 12.2. The number of nitrogens with zero attached hydrogens (tertiary/aromatic N) is 2. The molecule has 2 heterocycles. The molecule has 0 radical (unpaired) electrons. The van der Waals surface area contributed by atoms with Gasteiger partial charge in [0.15, 0.2) is 11.6 Å². The molecule has 0 aliphatic carbocycles. The summed E-state index contributed by atoms with van der Waals surface area (Å²) < 4.78 is 40.3. The second-order valence-corrected chi connectivity index (χ2v) is 10.8. The third-order valence-electron chi connectivity index (χ3n) is 6.28. The van der Waals surface area contributed by atoms with Crippen molar-refractivity contribution in [3.63, 3.8) is 0 Å². The van der Waals surface area contributed by atoms with Gasteiger partial charge in [-0.05, 0) is 29.9 Å². The van der Waals surface area contributed by atoms with Gasteiger partial charge in [0.05, 0.1) is 6.04 Å². The van der Waals surface area contributed by atoms with Gasteiger partial charge in [0.2, 0.25) is 11.8 Å². The minimum Gasteiger partial charge on any atom is -0.478 e. The van der Waals surface area contributed by atoms with Crippen molar-refractivity contribution in [3.05, 3.63) is 47.3 Å². The number of benzene rings is 1. The van der Waals surface area contributed by atoms with Crippen molar-refractivity contribution in [1.82, 2.24) is 9.80 Å². The SMILES string of the molecule is CC(C)(C)CC(=O)N1C[C@@H]2CCN(C(=O)CC(N)Cc3cc(F)c(F)cc3F)[C@@H]2C1.O=C(O)C=CC(=O)O. The number of halogens is 3. The highest BCUT2D eigenvalue weighted by molar-refractivity contribution is 5.89. The molecule has 2 fully saturated rings. The lowest BCUT2D eigenvalue weighted by molar-refractivity contribution is -0.135. The van der Waals surface area contributed by atoms with Gasteiger partial charge in [0.25, 0.3) is 0 Å². The summed E-state index contributed by atoms with van der Waals surface area (Å²) in [6.07, 6.45) is 2.34. The number of rotatable bonds is 7. The predicted octanol–water partition coefficient (Wildman–Crippen LogP) is 2.57. The lowest BCUT2D eigenvalue weighted by Gasteiger charge is -2.27. The third kappa shape index (κ3) is 9.16. The Morgan fingerprint density at radius 1 is 1.00 bits per heavy atom. The quantitative estimate of drug-likeness (QED) is 0.356. The number of nitrogens with two attached hydrogens (primary N) is 1. The number of hydrogen-bond acceptors (Lipinski definition) is 5. The molecule has 9 nitrogen and oxygen atoms in total. The molecule has 1 aromatic rings. The van der Waals surface area contributed by atoms with Crippen molar-refractivity contribution < 1.29 is 42.6 Å². The zero-order valence-electron chi connectivity index (χ0n) is 21.6. The van der Waals surface area contributed by atoms with Gasteiger partial charge in [0, 0.05) is 62.7 Å². The minimum atomic E-state index is -1.26. The Morgan fingerprint density at radius 2 is 1.58 bits per heavy atom. The Bertz CT molecular complexity index is 1070. The van der Waals surface area contributed by atoms with Gasteiger partial charge < -0.3 is 25.7 Å². The lowest BCUT2D eigenvalue weighted by atomic mass is 9.91. The van der Waals surface area contributed by atoms with Gasteiger partial charge >= 0.3 is 11.9 Å². The van der Waals surface area contributed by atoms with E-state index in [1.165, 1.54) is 0 Å². The fourth-order valence-corrected chi connectivity index (χ4v) is 4.60. The number of likely N-dealkylation sites (tertiary alicyclic amines) is 2. The number of hydrogen-bond donors (Lipinski definition) is 3. The van der Waals surface area contributed by atoms with Crippen LogP contribution in [0.2, 0.25) is 0 Å². The van der Waals surface area contributed by atoms with E-state index in [2.05, 4.69) is 0 Å². The van der Waals surface area contributed by atoms with Crippen molar-refractivity contribution >= 4 is 23.8 Å². The van der Waals surface area contributed by atoms with Gasteiger partial charge in [-0.1, -0.05) is 20.8 Å². The van der Waals surface area contributed by atoms with Gasteiger partial charge in [-0.25, -0.2) is 22.8 Å². The number of amides is 2. The summed E-state index contributed by atoms with van der Waals surface area (Å²) in [6, 6.07) is 0.548. The molecule has 38 heavy (non-hydrogen) atoms. The molecular weight excluding hydrogens is 507 g/mol. The molecule has 12 heteroatoms. The Hall–Kier alpha value is -3.41. The average molecular weight is 542 g/mol. The van der Waals surface area contributed by atoms with Crippen LogP contribution in [0, 0.1) is 28.8 Å². The monoisotopic (exact) mass is 541 g/mol.